The minimum atomic E-state index is 0.730. The predicted octanol–water partition coefficient (Wildman–Crippen LogP) is 2.92. The fourth-order valence-electron chi connectivity index (χ4n) is 3.21. The number of rotatable bonds is 4. The van der Waals surface area contributed by atoms with Crippen LogP contribution in [0, 0.1) is 13.8 Å². The largest absolute Gasteiger partial charge is 0.328 e. The van der Waals surface area contributed by atoms with E-state index in [1.165, 1.54) is 11.3 Å². The third-order valence-electron chi connectivity index (χ3n) is 4.75. The number of hydrogen-bond acceptors (Lipinski definition) is 4. The summed E-state index contributed by atoms with van der Waals surface area (Å²) < 4.78 is 4.06. The number of fused-ring (bicyclic) bond motifs is 3. The van der Waals surface area contributed by atoms with E-state index in [1.807, 2.05) is 30.3 Å². The molecule has 0 aliphatic carbocycles. The zero-order valence-electron chi connectivity index (χ0n) is 15.1. The molecule has 4 rings (SSSR count). The number of nitrogens with zero attached hydrogens (tertiary/aromatic N) is 6. The van der Waals surface area contributed by atoms with E-state index in [0.29, 0.717) is 0 Å². The van der Waals surface area contributed by atoms with Gasteiger partial charge >= 0.3 is 0 Å². The molecule has 0 N–H and O–H groups in total. The summed E-state index contributed by atoms with van der Waals surface area (Å²) in [7, 11) is 4.17. The minimum Gasteiger partial charge on any atom is -0.328 e. The molecule has 3 heterocycles. The van der Waals surface area contributed by atoms with Crippen molar-refractivity contribution in [2.75, 3.05) is 20.6 Å². The van der Waals surface area contributed by atoms with Gasteiger partial charge in [-0.3, -0.25) is 0 Å². The molecule has 0 atom stereocenters. The van der Waals surface area contributed by atoms with Crippen LogP contribution in [-0.2, 0) is 6.54 Å². The molecule has 0 fully saturated rings. The maximum Gasteiger partial charge on any atom is 0.182 e. The summed E-state index contributed by atoms with van der Waals surface area (Å²) in [6.07, 6.45) is 1.77. The molecule has 0 bridgehead atoms. The molecule has 6 nitrogen and oxygen atoms in total. The molecule has 3 aromatic heterocycles. The van der Waals surface area contributed by atoms with Gasteiger partial charge in [-0.2, -0.15) is 0 Å². The van der Waals surface area contributed by atoms with Gasteiger partial charge in [0.1, 0.15) is 12.0 Å². The van der Waals surface area contributed by atoms with E-state index in [1.54, 1.807) is 10.8 Å². The molecule has 0 saturated heterocycles. The first-order chi connectivity index (χ1) is 12.1. The lowest BCUT2D eigenvalue weighted by Crippen LogP contribution is -2.19. The minimum absolute atomic E-state index is 0.730. The predicted molar refractivity (Wildman–Crippen MR) is 99.7 cm³/mol. The Morgan fingerprint density at radius 3 is 2.52 bits per heavy atom. The SMILES string of the molecule is Cc1c(C)n(CCN(C)C)c2ncn3nc(-c4ccccc4)nc3c12. The van der Waals surface area contributed by atoms with Gasteiger partial charge in [0, 0.05) is 24.3 Å². The maximum atomic E-state index is 4.81. The van der Waals surface area contributed by atoms with E-state index in [4.69, 9.17) is 4.98 Å². The van der Waals surface area contributed by atoms with Crippen LogP contribution in [0.5, 0.6) is 0 Å². The summed E-state index contributed by atoms with van der Waals surface area (Å²) in [6, 6.07) is 10.1. The highest BCUT2D eigenvalue weighted by Gasteiger charge is 2.18. The Balaban J connectivity index is 1.92. The molecule has 128 valence electrons. The maximum absolute atomic E-state index is 4.81. The van der Waals surface area contributed by atoms with Crippen LogP contribution in [0.15, 0.2) is 36.7 Å². The standard InChI is InChI=1S/C19H22N6/c1-13-14(2)24(11-10-23(3)4)18-16(13)19-21-17(22-25(19)12-20-18)15-8-6-5-7-9-15/h5-9,12H,10-11H2,1-4H3. The topological polar surface area (TPSA) is 51.2 Å². The molecule has 1 aromatic carbocycles. The first-order valence-corrected chi connectivity index (χ1v) is 8.47. The molecule has 0 aliphatic rings. The number of hydrogen-bond donors (Lipinski definition) is 0. The molecule has 0 spiro atoms. The second kappa shape index (κ2) is 5.97. The fourth-order valence-corrected chi connectivity index (χ4v) is 3.21. The Morgan fingerprint density at radius 1 is 1.04 bits per heavy atom. The Labute approximate surface area is 146 Å². The quantitative estimate of drug-likeness (QED) is 0.576. The highest BCUT2D eigenvalue weighted by Crippen LogP contribution is 2.28. The monoisotopic (exact) mass is 334 g/mol. The van der Waals surface area contributed by atoms with E-state index in [-0.39, 0.29) is 0 Å². The highest BCUT2D eigenvalue weighted by atomic mass is 15.3. The molecule has 25 heavy (non-hydrogen) atoms. The molecule has 4 aromatic rings. The van der Waals surface area contributed by atoms with E-state index >= 15 is 0 Å². The van der Waals surface area contributed by atoms with Crippen LogP contribution < -0.4 is 0 Å². The van der Waals surface area contributed by atoms with Gasteiger partial charge in [-0.05, 0) is 33.5 Å². The lowest BCUT2D eigenvalue weighted by Gasteiger charge is -2.12. The number of likely N-dealkylation sites (N-methyl/N-ethyl adjacent to an activating group) is 1. The van der Waals surface area contributed by atoms with Gasteiger partial charge in [0.15, 0.2) is 11.5 Å². The van der Waals surface area contributed by atoms with E-state index < -0.39 is 0 Å². The normalized spacial score (nSPS) is 11.9. The van der Waals surface area contributed by atoms with Crippen molar-refractivity contribution in [2.45, 2.75) is 20.4 Å². The third-order valence-corrected chi connectivity index (χ3v) is 4.75. The van der Waals surface area contributed by atoms with Gasteiger partial charge in [-0.15, -0.1) is 5.10 Å². The second-order valence-corrected chi connectivity index (χ2v) is 6.68. The van der Waals surface area contributed by atoms with Crippen molar-refractivity contribution in [3.05, 3.63) is 47.9 Å². The number of aryl methyl sites for hydroxylation is 1. The average Bonchev–Trinajstić information content (AvgIpc) is 3.14. The van der Waals surface area contributed by atoms with Crippen LogP contribution in [0.25, 0.3) is 28.1 Å². The van der Waals surface area contributed by atoms with Gasteiger partial charge in [0.2, 0.25) is 0 Å². The van der Waals surface area contributed by atoms with Gasteiger partial charge in [-0.1, -0.05) is 30.3 Å². The van der Waals surface area contributed by atoms with Crippen LogP contribution in [0.1, 0.15) is 11.3 Å². The van der Waals surface area contributed by atoms with Gasteiger partial charge in [0.05, 0.1) is 5.39 Å². The molecule has 0 amide bonds. The summed E-state index contributed by atoms with van der Waals surface area (Å²) in [5, 5.41) is 5.70. The molecular formula is C19H22N6. The van der Waals surface area contributed by atoms with Crippen LogP contribution in [-0.4, -0.2) is 49.7 Å². The van der Waals surface area contributed by atoms with E-state index in [9.17, 15) is 0 Å². The first kappa shape index (κ1) is 15.8. The molecule has 0 aliphatic heterocycles. The van der Waals surface area contributed by atoms with Gasteiger partial charge in [-0.25, -0.2) is 14.5 Å². The van der Waals surface area contributed by atoms with Crippen molar-refractivity contribution in [1.29, 1.82) is 0 Å². The van der Waals surface area contributed by atoms with E-state index in [0.717, 1.165) is 41.2 Å². The lowest BCUT2D eigenvalue weighted by atomic mass is 10.2. The molecule has 6 heteroatoms. The van der Waals surface area contributed by atoms with Crippen molar-refractivity contribution < 1.29 is 0 Å². The van der Waals surface area contributed by atoms with Crippen LogP contribution in [0.3, 0.4) is 0 Å². The van der Waals surface area contributed by atoms with Crippen LogP contribution in [0.4, 0.5) is 0 Å². The molecule has 0 saturated carbocycles. The Bertz CT molecular complexity index is 1040. The molecule has 0 unspecified atom stereocenters. The number of benzene rings is 1. The van der Waals surface area contributed by atoms with Crippen molar-refractivity contribution in [3.8, 4) is 11.4 Å². The Hall–Kier alpha value is -2.73. The summed E-state index contributed by atoms with van der Waals surface area (Å²) in [5.74, 6) is 0.730. The Morgan fingerprint density at radius 2 is 1.80 bits per heavy atom. The third kappa shape index (κ3) is 2.59. The first-order valence-electron chi connectivity index (χ1n) is 8.47. The van der Waals surface area contributed by atoms with Crippen LogP contribution in [0.2, 0.25) is 0 Å². The van der Waals surface area contributed by atoms with Crippen molar-refractivity contribution in [1.82, 2.24) is 29.0 Å². The molecule has 0 radical (unpaired) electrons. The van der Waals surface area contributed by atoms with Crippen LogP contribution >= 0.6 is 0 Å². The lowest BCUT2D eigenvalue weighted by molar-refractivity contribution is 0.384. The second-order valence-electron chi connectivity index (χ2n) is 6.68. The highest BCUT2D eigenvalue weighted by molar-refractivity contribution is 5.94. The smallest absolute Gasteiger partial charge is 0.182 e. The van der Waals surface area contributed by atoms with Gasteiger partial charge < -0.3 is 9.47 Å². The van der Waals surface area contributed by atoms with Gasteiger partial charge in [0.25, 0.3) is 0 Å². The molecular weight excluding hydrogens is 312 g/mol. The average molecular weight is 334 g/mol. The van der Waals surface area contributed by atoms with E-state index in [2.05, 4.69) is 47.5 Å². The zero-order valence-corrected chi connectivity index (χ0v) is 15.1. The van der Waals surface area contributed by atoms with Crippen molar-refractivity contribution >= 4 is 16.7 Å². The summed E-state index contributed by atoms with van der Waals surface area (Å²) in [5.41, 5.74) is 5.32. The summed E-state index contributed by atoms with van der Waals surface area (Å²) in [4.78, 5) is 11.7. The Kier molecular flexibility index (Phi) is 3.77. The summed E-state index contributed by atoms with van der Waals surface area (Å²) in [6.45, 7) is 6.17. The zero-order chi connectivity index (χ0) is 17.6. The van der Waals surface area contributed by atoms with Crippen molar-refractivity contribution in [2.24, 2.45) is 0 Å². The summed E-state index contributed by atoms with van der Waals surface area (Å²) >= 11 is 0. The van der Waals surface area contributed by atoms with Crippen molar-refractivity contribution in [3.63, 3.8) is 0 Å². The number of aromatic nitrogens is 5. The fraction of sp³-hybridized carbons (Fsp3) is 0.316.